The normalized spacial score (nSPS) is 16.5. The zero-order valence-electron chi connectivity index (χ0n) is 8.43. The van der Waals surface area contributed by atoms with Crippen LogP contribution in [0.2, 0.25) is 0 Å². The first-order valence-electron chi connectivity index (χ1n) is 4.44. The standard InChI is InChI=1S/C9H20ClNO/c1-7(2)9(5-10)11-6-8(3)12-4/h7-9,11H,5-6H2,1-4H3. The molecule has 0 spiro atoms. The zero-order valence-corrected chi connectivity index (χ0v) is 9.19. The van der Waals surface area contributed by atoms with Crippen LogP contribution < -0.4 is 5.32 Å². The van der Waals surface area contributed by atoms with E-state index < -0.39 is 0 Å². The van der Waals surface area contributed by atoms with Gasteiger partial charge in [0.1, 0.15) is 0 Å². The summed E-state index contributed by atoms with van der Waals surface area (Å²) >= 11 is 5.79. The van der Waals surface area contributed by atoms with Crippen molar-refractivity contribution in [2.75, 3.05) is 19.5 Å². The highest BCUT2D eigenvalue weighted by Crippen LogP contribution is 2.03. The molecule has 74 valence electrons. The molecule has 0 heterocycles. The molecule has 0 aliphatic carbocycles. The lowest BCUT2D eigenvalue weighted by Crippen LogP contribution is -2.39. The molecule has 0 bridgehead atoms. The zero-order chi connectivity index (χ0) is 9.56. The molecule has 0 radical (unpaired) electrons. The molecule has 2 atom stereocenters. The molecule has 2 unspecified atom stereocenters. The minimum atomic E-state index is 0.259. The summed E-state index contributed by atoms with van der Waals surface area (Å²) in [5.41, 5.74) is 0. The van der Waals surface area contributed by atoms with Gasteiger partial charge in [0.2, 0.25) is 0 Å². The number of halogens is 1. The van der Waals surface area contributed by atoms with E-state index in [4.69, 9.17) is 16.3 Å². The van der Waals surface area contributed by atoms with Crippen LogP contribution in [-0.2, 0) is 4.74 Å². The third-order valence-corrected chi connectivity index (χ3v) is 2.37. The first-order valence-corrected chi connectivity index (χ1v) is 4.97. The number of hydrogen-bond donors (Lipinski definition) is 1. The van der Waals surface area contributed by atoms with Gasteiger partial charge < -0.3 is 10.1 Å². The Morgan fingerprint density at radius 3 is 2.25 bits per heavy atom. The second-order valence-electron chi connectivity index (χ2n) is 3.46. The molecule has 2 nitrogen and oxygen atoms in total. The molecule has 0 amide bonds. The van der Waals surface area contributed by atoms with Crippen LogP contribution >= 0.6 is 11.6 Å². The van der Waals surface area contributed by atoms with E-state index in [2.05, 4.69) is 19.2 Å². The Morgan fingerprint density at radius 2 is 1.92 bits per heavy atom. The first kappa shape index (κ1) is 12.2. The summed E-state index contributed by atoms with van der Waals surface area (Å²) in [6.07, 6.45) is 0.259. The Balaban J connectivity index is 3.58. The highest BCUT2D eigenvalue weighted by molar-refractivity contribution is 6.18. The number of methoxy groups -OCH3 is 1. The molecule has 0 aliphatic heterocycles. The Kier molecular flexibility index (Phi) is 6.81. The second-order valence-corrected chi connectivity index (χ2v) is 3.77. The predicted octanol–water partition coefficient (Wildman–Crippen LogP) is 1.87. The fourth-order valence-electron chi connectivity index (χ4n) is 0.869. The Hall–Kier alpha value is 0.210. The van der Waals surface area contributed by atoms with E-state index in [9.17, 15) is 0 Å². The Labute approximate surface area is 80.6 Å². The van der Waals surface area contributed by atoms with Crippen molar-refractivity contribution in [2.45, 2.75) is 32.9 Å². The van der Waals surface area contributed by atoms with Crippen LogP contribution in [0.5, 0.6) is 0 Å². The van der Waals surface area contributed by atoms with Crippen LogP contribution in [-0.4, -0.2) is 31.7 Å². The van der Waals surface area contributed by atoms with Gasteiger partial charge in [0, 0.05) is 25.6 Å². The van der Waals surface area contributed by atoms with Crippen molar-refractivity contribution in [3.05, 3.63) is 0 Å². The summed E-state index contributed by atoms with van der Waals surface area (Å²) in [6.45, 7) is 7.24. The van der Waals surface area contributed by atoms with Crippen LogP contribution in [0.15, 0.2) is 0 Å². The largest absolute Gasteiger partial charge is 0.380 e. The van der Waals surface area contributed by atoms with Gasteiger partial charge in [0.05, 0.1) is 6.10 Å². The molecule has 0 aromatic heterocycles. The third-order valence-electron chi connectivity index (χ3n) is 2.04. The lowest BCUT2D eigenvalue weighted by molar-refractivity contribution is 0.113. The minimum Gasteiger partial charge on any atom is -0.380 e. The number of alkyl halides is 1. The monoisotopic (exact) mass is 193 g/mol. The second kappa shape index (κ2) is 6.70. The molecule has 0 rings (SSSR count). The third kappa shape index (κ3) is 4.96. The average Bonchev–Trinajstić information content (AvgIpc) is 2.04. The predicted molar refractivity (Wildman–Crippen MR) is 53.8 cm³/mol. The molecular formula is C9H20ClNO. The van der Waals surface area contributed by atoms with Gasteiger partial charge in [-0.05, 0) is 12.8 Å². The molecule has 0 aromatic rings. The van der Waals surface area contributed by atoms with Crippen LogP contribution in [0.3, 0.4) is 0 Å². The lowest BCUT2D eigenvalue weighted by atomic mass is 10.1. The van der Waals surface area contributed by atoms with Crippen molar-refractivity contribution in [2.24, 2.45) is 5.92 Å². The summed E-state index contributed by atoms with van der Waals surface area (Å²) < 4.78 is 5.12. The van der Waals surface area contributed by atoms with E-state index in [1.807, 2.05) is 6.92 Å². The van der Waals surface area contributed by atoms with Crippen molar-refractivity contribution >= 4 is 11.6 Å². The van der Waals surface area contributed by atoms with Crippen molar-refractivity contribution < 1.29 is 4.74 Å². The molecule has 12 heavy (non-hydrogen) atoms. The van der Waals surface area contributed by atoms with Crippen molar-refractivity contribution in [1.82, 2.24) is 5.32 Å². The van der Waals surface area contributed by atoms with E-state index in [0.29, 0.717) is 17.8 Å². The maximum atomic E-state index is 5.79. The summed E-state index contributed by atoms with van der Waals surface area (Å²) in [5.74, 6) is 1.24. The van der Waals surface area contributed by atoms with Gasteiger partial charge in [-0.3, -0.25) is 0 Å². The molecule has 0 aliphatic rings. The summed E-state index contributed by atoms with van der Waals surface area (Å²) in [7, 11) is 1.72. The molecule has 0 aromatic carbocycles. The minimum absolute atomic E-state index is 0.259. The van der Waals surface area contributed by atoms with E-state index in [1.165, 1.54) is 0 Å². The topological polar surface area (TPSA) is 21.3 Å². The van der Waals surface area contributed by atoms with Crippen LogP contribution in [0.25, 0.3) is 0 Å². The molecule has 0 saturated carbocycles. The number of hydrogen-bond acceptors (Lipinski definition) is 2. The van der Waals surface area contributed by atoms with Gasteiger partial charge in [-0.25, -0.2) is 0 Å². The maximum Gasteiger partial charge on any atom is 0.0667 e. The fraction of sp³-hybridized carbons (Fsp3) is 1.00. The van der Waals surface area contributed by atoms with Crippen LogP contribution in [0, 0.1) is 5.92 Å². The van der Waals surface area contributed by atoms with Gasteiger partial charge in [0.15, 0.2) is 0 Å². The smallest absolute Gasteiger partial charge is 0.0667 e. The summed E-state index contributed by atoms with van der Waals surface area (Å²) in [4.78, 5) is 0. The quantitative estimate of drug-likeness (QED) is 0.651. The van der Waals surface area contributed by atoms with Crippen molar-refractivity contribution in [3.8, 4) is 0 Å². The molecule has 0 saturated heterocycles. The number of rotatable bonds is 6. The lowest BCUT2D eigenvalue weighted by Gasteiger charge is -2.21. The molecule has 1 N–H and O–H groups in total. The van der Waals surface area contributed by atoms with Gasteiger partial charge in [-0.1, -0.05) is 13.8 Å². The van der Waals surface area contributed by atoms with Gasteiger partial charge >= 0.3 is 0 Å². The van der Waals surface area contributed by atoms with Crippen molar-refractivity contribution in [3.63, 3.8) is 0 Å². The van der Waals surface area contributed by atoms with E-state index >= 15 is 0 Å². The average molecular weight is 194 g/mol. The Bertz CT molecular complexity index is 109. The summed E-state index contributed by atoms with van der Waals surface area (Å²) in [6, 6.07) is 0.393. The van der Waals surface area contributed by atoms with Gasteiger partial charge in [0.25, 0.3) is 0 Å². The van der Waals surface area contributed by atoms with Crippen LogP contribution in [0.1, 0.15) is 20.8 Å². The number of ether oxygens (including phenoxy) is 1. The first-order chi connectivity index (χ1) is 5.61. The molecule has 0 fully saturated rings. The molecular weight excluding hydrogens is 174 g/mol. The summed E-state index contributed by atoms with van der Waals surface area (Å²) in [5, 5.41) is 3.36. The fourth-order valence-corrected chi connectivity index (χ4v) is 1.33. The number of nitrogens with one attached hydrogen (secondary N) is 1. The SMILES string of the molecule is COC(C)CNC(CCl)C(C)C. The van der Waals surface area contributed by atoms with Crippen molar-refractivity contribution in [1.29, 1.82) is 0 Å². The Morgan fingerprint density at radius 1 is 1.33 bits per heavy atom. The van der Waals surface area contributed by atoms with Crippen LogP contribution in [0.4, 0.5) is 0 Å². The van der Waals surface area contributed by atoms with E-state index in [-0.39, 0.29) is 6.10 Å². The highest BCUT2D eigenvalue weighted by Gasteiger charge is 2.11. The van der Waals surface area contributed by atoms with Gasteiger partial charge in [-0.15, -0.1) is 11.6 Å². The van der Waals surface area contributed by atoms with E-state index in [1.54, 1.807) is 7.11 Å². The molecule has 3 heteroatoms. The van der Waals surface area contributed by atoms with Gasteiger partial charge in [-0.2, -0.15) is 0 Å². The maximum absolute atomic E-state index is 5.79. The highest BCUT2D eigenvalue weighted by atomic mass is 35.5. The van der Waals surface area contributed by atoms with E-state index in [0.717, 1.165) is 6.54 Å².